The number of carbonyl (C=O) groups excluding carboxylic acids is 1. The van der Waals surface area contributed by atoms with E-state index in [1.165, 1.54) is 7.11 Å². The number of rotatable bonds is 5. The number of benzene rings is 1. The van der Waals surface area contributed by atoms with Gasteiger partial charge in [0.1, 0.15) is 5.75 Å². The fourth-order valence-electron chi connectivity index (χ4n) is 1.57. The van der Waals surface area contributed by atoms with E-state index in [-0.39, 0.29) is 6.04 Å². The SMILES string of the molecule is COC(=O)C(C)Oc1ccc(Br)cc1CC(C)N. The van der Waals surface area contributed by atoms with Crippen LogP contribution in [0, 0.1) is 0 Å². The zero-order chi connectivity index (χ0) is 13.7. The lowest BCUT2D eigenvalue weighted by molar-refractivity contribution is -0.147. The molecule has 2 unspecified atom stereocenters. The monoisotopic (exact) mass is 315 g/mol. The van der Waals surface area contributed by atoms with Crippen LogP contribution in [-0.2, 0) is 16.0 Å². The molecule has 100 valence electrons. The van der Waals surface area contributed by atoms with Crippen LogP contribution < -0.4 is 10.5 Å². The summed E-state index contributed by atoms with van der Waals surface area (Å²) < 4.78 is 11.2. The third-order valence-corrected chi connectivity index (χ3v) is 2.89. The Kier molecular flexibility index (Phi) is 5.62. The van der Waals surface area contributed by atoms with E-state index in [0.29, 0.717) is 12.2 Å². The molecular weight excluding hydrogens is 298 g/mol. The van der Waals surface area contributed by atoms with Gasteiger partial charge < -0.3 is 15.2 Å². The van der Waals surface area contributed by atoms with E-state index < -0.39 is 12.1 Å². The maximum Gasteiger partial charge on any atom is 0.346 e. The van der Waals surface area contributed by atoms with Crippen molar-refractivity contribution in [2.75, 3.05) is 7.11 Å². The van der Waals surface area contributed by atoms with E-state index in [9.17, 15) is 4.79 Å². The van der Waals surface area contributed by atoms with Gasteiger partial charge in [0, 0.05) is 10.5 Å². The molecular formula is C13H18BrNO3. The summed E-state index contributed by atoms with van der Waals surface area (Å²) in [5.41, 5.74) is 6.77. The average Bonchev–Trinajstić information content (AvgIpc) is 2.30. The fourth-order valence-corrected chi connectivity index (χ4v) is 1.98. The molecule has 0 aliphatic carbocycles. The van der Waals surface area contributed by atoms with E-state index in [4.69, 9.17) is 10.5 Å². The quantitative estimate of drug-likeness (QED) is 0.847. The maximum absolute atomic E-state index is 11.3. The minimum Gasteiger partial charge on any atom is -0.479 e. The third-order valence-electron chi connectivity index (χ3n) is 2.40. The van der Waals surface area contributed by atoms with E-state index >= 15 is 0 Å². The number of ether oxygens (including phenoxy) is 2. The highest BCUT2D eigenvalue weighted by atomic mass is 79.9. The van der Waals surface area contributed by atoms with Crippen molar-refractivity contribution in [3.8, 4) is 5.75 Å². The van der Waals surface area contributed by atoms with Crippen LogP contribution in [0.2, 0.25) is 0 Å². The van der Waals surface area contributed by atoms with Crippen LogP contribution in [0.3, 0.4) is 0 Å². The van der Waals surface area contributed by atoms with Crippen molar-refractivity contribution in [1.82, 2.24) is 0 Å². The minimum absolute atomic E-state index is 0.0232. The number of esters is 1. The third kappa shape index (κ3) is 4.31. The summed E-state index contributed by atoms with van der Waals surface area (Å²) in [7, 11) is 1.34. The Morgan fingerprint density at radius 1 is 1.44 bits per heavy atom. The molecule has 0 fully saturated rings. The number of hydrogen-bond donors (Lipinski definition) is 1. The first-order valence-corrected chi connectivity index (χ1v) is 6.51. The zero-order valence-corrected chi connectivity index (χ0v) is 12.4. The summed E-state index contributed by atoms with van der Waals surface area (Å²) in [4.78, 5) is 11.3. The molecule has 0 saturated heterocycles. The molecule has 18 heavy (non-hydrogen) atoms. The number of nitrogens with two attached hydrogens (primary N) is 1. The van der Waals surface area contributed by atoms with Crippen LogP contribution in [0.25, 0.3) is 0 Å². The first kappa shape index (κ1) is 15.0. The van der Waals surface area contributed by atoms with Gasteiger partial charge in [-0.1, -0.05) is 15.9 Å². The standard InChI is InChI=1S/C13H18BrNO3/c1-8(15)6-10-7-11(14)4-5-12(10)18-9(2)13(16)17-3/h4-5,7-9H,6,15H2,1-3H3. The van der Waals surface area contributed by atoms with Gasteiger partial charge in [-0.3, -0.25) is 0 Å². The summed E-state index contributed by atoms with van der Waals surface area (Å²) in [6, 6.07) is 5.66. The summed E-state index contributed by atoms with van der Waals surface area (Å²) in [5.74, 6) is 0.262. The predicted octanol–water partition coefficient (Wildman–Crippen LogP) is 2.28. The van der Waals surface area contributed by atoms with Crippen LogP contribution in [0.5, 0.6) is 5.75 Å². The summed E-state index contributed by atoms with van der Waals surface area (Å²) in [5, 5.41) is 0. The Balaban J connectivity index is 2.90. The largest absolute Gasteiger partial charge is 0.479 e. The lowest BCUT2D eigenvalue weighted by Crippen LogP contribution is -2.26. The molecule has 0 aliphatic rings. The van der Waals surface area contributed by atoms with Gasteiger partial charge in [0.2, 0.25) is 0 Å². The maximum atomic E-state index is 11.3. The zero-order valence-electron chi connectivity index (χ0n) is 10.8. The molecule has 0 bridgehead atoms. The molecule has 0 saturated carbocycles. The lowest BCUT2D eigenvalue weighted by Gasteiger charge is -2.17. The molecule has 1 aromatic rings. The number of hydrogen-bond acceptors (Lipinski definition) is 4. The normalized spacial score (nSPS) is 13.8. The molecule has 0 amide bonds. The molecule has 5 heteroatoms. The second kappa shape index (κ2) is 6.75. The van der Waals surface area contributed by atoms with Gasteiger partial charge >= 0.3 is 5.97 Å². The summed E-state index contributed by atoms with van der Waals surface area (Å²) in [6.07, 6.45) is 0.0471. The highest BCUT2D eigenvalue weighted by Gasteiger charge is 2.17. The van der Waals surface area contributed by atoms with Crippen LogP contribution in [0.4, 0.5) is 0 Å². The Hall–Kier alpha value is -1.07. The Morgan fingerprint density at radius 3 is 2.67 bits per heavy atom. The van der Waals surface area contributed by atoms with E-state index in [1.807, 2.05) is 25.1 Å². The van der Waals surface area contributed by atoms with Gasteiger partial charge in [-0.05, 0) is 44.0 Å². The second-order valence-corrected chi connectivity index (χ2v) is 5.13. The van der Waals surface area contributed by atoms with Crippen LogP contribution in [0.15, 0.2) is 22.7 Å². The Labute approximate surface area is 116 Å². The second-order valence-electron chi connectivity index (χ2n) is 4.22. The predicted molar refractivity (Wildman–Crippen MR) is 73.6 cm³/mol. The van der Waals surface area contributed by atoms with Gasteiger partial charge in [-0.15, -0.1) is 0 Å². The van der Waals surface area contributed by atoms with Crippen molar-refractivity contribution in [3.05, 3.63) is 28.2 Å². The van der Waals surface area contributed by atoms with Crippen molar-refractivity contribution in [1.29, 1.82) is 0 Å². The fraction of sp³-hybridized carbons (Fsp3) is 0.462. The Morgan fingerprint density at radius 2 is 2.11 bits per heavy atom. The van der Waals surface area contributed by atoms with Crippen LogP contribution >= 0.6 is 15.9 Å². The first-order chi connectivity index (χ1) is 8.43. The average molecular weight is 316 g/mol. The molecule has 0 aliphatic heterocycles. The number of methoxy groups -OCH3 is 1. The lowest BCUT2D eigenvalue weighted by atomic mass is 10.1. The molecule has 1 aromatic carbocycles. The molecule has 0 radical (unpaired) electrons. The molecule has 2 N–H and O–H groups in total. The first-order valence-electron chi connectivity index (χ1n) is 5.72. The number of halogens is 1. The van der Waals surface area contributed by atoms with E-state index in [1.54, 1.807) is 6.92 Å². The smallest absolute Gasteiger partial charge is 0.346 e. The van der Waals surface area contributed by atoms with Crippen molar-refractivity contribution >= 4 is 21.9 Å². The minimum atomic E-state index is -0.636. The molecule has 2 atom stereocenters. The van der Waals surface area contributed by atoms with Gasteiger partial charge in [-0.2, -0.15) is 0 Å². The van der Waals surface area contributed by atoms with Crippen molar-refractivity contribution in [3.63, 3.8) is 0 Å². The topological polar surface area (TPSA) is 61.5 Å². The van der Waals surface area contributed by atoms with Crippen LogP contribution in [-0.4, -0.2) is 25.2 Å². The van der Waals surface area contributed by atoms with Gasteiger partial charge in [0.25, 0.3) is 0 Å². The molecule has 0 spiro atoms. The van der Waals surface area contributed by atoms with Gasteiger partial charge in [-0.25, -0.2) is 4.79 Å². The van der Waals surface area contributed by atoms with Crippen LogP contribution in [0.1, 0.15) is 19.4 Å². The summed E-state index contributed by atoms with van der Waals surface area (Å²) in [6.45, 7) is 3.58. The Bertz CT molecular complexity index is 421. The van der Waals surface area contributed by atoms with Crippen molar-refractivity contribution in [2.24, 2.45) is 5.73 Å². The van der Waals surface area contributed by atoms with Crippen molar-refractivity contribution < 1.29 is 14.3 Å². The molecule has 1 rings (SSSR count). The molecule has 0 heterocycles. The van der Waals surface area contributed by atoms with Crippen molar-refractivity contribution in [2.45, 2.75) is 32.4 Å². The number of carbonyl (C=O) groups is 1. The highest BCUT2D eigenvalue weighted by molar-refractivity contribution is 9.10. The molecule has 4 nitrogen and oxygen atoms in total. The highest BCUT2D eigenvalue weighted by Crippen LogP contribution is 2.25. The van der Waals surface area contributed by atoms with Gasteiger partial charge in [0.05, 0.1) is 7.11 Å². The van der Waals surface area contributed by atoms with Gasteiger partial charge in [0.15, 0.2) is 6.10 Å². The molecule has 0 aromatic heterocycles. The van der Waals surface area contributed by atoms with E-state index in [2.05, 4.69) is 20.7 Å². The summed E-state index contributed by atoms with van der Waals surface area (Å²) >= 11 is 3.41. The van der Waals surface area contributed by atoms with E-state index in [0.717, 1.165) is 10.0 Å².